The molecular formula is C40H58BrN3O7. The number of fused-ring (bicyclic) bond motifs is 1. The van der Waals surface area contributed by atoms with Gasteiger partial charge in [-0.1, -0.05) is 79.2 Å². The number of ether oxygens (including phenoxy) is 2. The lowest BCUT2D eigenvalue weighted by molar-refractivity contribution is -0.162. The van der Waals surface area contributed by atoms with E-state index in [1.807, 2.05) is 49.1 Å². The maximum Gasteiger partial charge on any atom is 0.313 e. The standard InChI is InChI=1S/C40H58BrN3O7/c1-9-11-20-29(46)42-26(3)32(27-18-14-12-15-19-27)50-37(49)30-31-35(47)43(22-16-13-17-23-45)34(40(31)24-28(41)33(30)51-40)36(48)44(21-10-2)39(7,8)25-38(4,5)6/h9-10,12,14-15,18-19,26,28,30-34,45H,1-2,11,13,16-17,20-25H2,3-8H3,(H,42,46)/t26-,28?,30+,31-,32-,33+,34+,40-/m1/s1. The molecule has 3 heterocycles. The first kappa shape index (κ1) is 40.7. The van der Waals surface area contributed by atoms with Crippen LogP contribution in [0.5, 0.6) is 0 Å². The molecule has 0 radical (unpaired) electrons. The Hall–Kier alpha value is -3.02. The van der Waals surface area contributed by atoms with E-state index in [2.05, 4.69) is 55.2 Å². The topological polar surface area (TPSA) is 125 Å². The van der Waals surface area contributed by atoms with Gasteiger partial charge in [-0.25, -0.2) is 0 Å². The molecule has 11 heteroatoms. The van der Waals surface area contributed by atoms with Crippen molar-refractivity contribution >= 4 is 39.6 Å². The molecule has 0 aliphatic carbocycles. The van der Waals surface area contributed by atoms with Crippen LogP contribution in [0.1, 0.15) is 98.2 Å². The first-order valence-electron chi connectivity index (χ1n) is 18.3. The number of alkyl halides is 1. The molecule has 282 valence electrons. The summed E-state index contributed by atoms with van der Waals surface area (Å²) in [4.78, 5) is 60.1. The smallest absolute Gasteiger partial charge is 0.313 e. The van der Waals surface area contributed by atoms with E-state index in [-0.39, 0.29) is 54.1 Å². The number of nitrogens with zero attached hydrogens (tertiary/aromatic N) is 2. The number of carbonyl (C=O) groups excluding carboxylic acids is 4. The maximum atomic E-state index is 15.0. The van der Waals surface area contributed by atoms with Gasteiger partial charge in [-0.2, -0.15) is 0 Å². The summed E-state index contributed by atoms with van der Waals surface area (Å²) < 4.78 is 13.1. The van der Waals surface area contributed by atoms with Gasteiger partial charge in [0.25, 0.3) is 0 Å². The first-order valence-corrected chi connectivity index (χ1v) is 19.3. The van der Waals surface area contributed by atoms with Crippen molar-refractivity contribution in [1.82, 2.24) is 15.1 Å². The van der Waals surface area contributed by atoms with Gasteiger partial charge >= 0.3 is 5.97 Å². The van der Waals surface area contributed by atoms with Crippen LogP contribution < -0.4 is 5.32 Å². The van der Waals surface area contributed by atoms with Gasteiger partial charge in [0.15, 0.2) is 0 Å². The molecule has 1 unspecified atom stereocenters. The van der Waals surface area contributed by atoms with Crippen LogP contribution in [0, 0.1) is 17.3 Å². The summed E-state index contributed by atoms with van der Waals surface area (Å²) in [6.07, 6.45) is 5.55. The highest BCUT2D eigenvalue weighted by Crippen LogP contribution is 2.61. The number of allylic oxidation sites excluding steroid dienone is 1. The fourth-order valence-electron chi connectivity index (χ4n) is 8.73. The zero-order valence-corrected chi connectivity index (χ0v) is 32.8. The van der Waals surface area contributed by atoms with Crippen LogP contribution in [0.2, 0.25) is 0 Å². The Kier molecular flexibility index (Phi) is 13.4. The number of aliphatic hydroxyl groups excluding tert-OH is 1. The second-order valence-electron chi connectivity index (χ2n) is 16.2. The lowest BCUT2D eigenvalue weighted by Crippen LogP contribution is -2.61. The van der Waals surface area contributed by atoms with Gasteiger partial charge in [-0.3, -0.25) is 19.2 Å². The number of carbonyl (C=O) groups is 4. The zero-order chi connectivity index (χ0) is 37.7. The summed E-state index contributed by atoms with van der Waals surface area (Å²) in [5.41, 5.74) is -1.22. The van der Waals surface area contributed by atoms with Gasteiger partial charge in [0, 0.05) is 36.5 Å². The van der Waals surface area contributed by atoms with Crippen LogP contribution in [-0.4, -0.2) is 92.4 Å². The van der Waals surface area contributed by atoms with Crippen molar-refractivity contribution in [1.29, 1.82) is 0 Å². The third-order valence-corrected chi connectivity index (χ3v) is 11.3. The van der Waals surface area contributed by atoms with Gasteiger partial charge in [-0.15, -0.1) is 13.2 Å². The van der Waals surface area contributed by atoms with Crippen LogP contribution in [0.15, 0.2) is 55.6 Å². The fraction of sp³-hybridized carbons (Fsp3) is 0.650. The number of amides is 3. The summed E-state index contributed by atoms with van der Waals surface area (Å²) in [7, 11) is 0. The molecule has 3 saturated heterocycles. The summed E-state index contributed by atoms with van der Waals surface area (Å²) in [6.45, 7) is 20.5. The summed E-state index contributed by atoms with van der Waals surface area (Å²) >= 11 is 3.77. The van der Waals surface area contributed by atoms with Crippen LogP contribution in [-0.2, 0) is 28.7 Å². The van der Waals surface area contributed by atoms with Crippen molar-refractivity contribution in [2.24, 2.45) is 17.3 Å². The predicted molar refractivity (Wildman–Crippen MR) is 201 cm³/mol. The predicted octanol–water partition coefficient (Wildman–Crippen LogP) is 5.88. The van der Waals surface area contributed by atoms with E-state index in [1.165, 1.54) is 0 Å². The van der Waals surface area contributed by atoms with Crippen molar-refractivity contribution in [3.63, 3.8) is 0 Å². The third-order valence-electron chi connectivity index (χ3n) is 10.4. The Morgan fingerprint density at radius 2 is 1.82 bits per heavy atom. The van der Waals surface area contributed by atoms with Crippen LogP contribution in [0.25, 0.3) is 0 Å². The number of nitrogens with one attached hydrogen (secondary N) is 1. The molecule has 4 rings (SSSR count). The van der Waals surface area contributed by atoms with E-state index in [1.54, 1.807) is 24.0 Å². The van der Waals surface area contributed by atoms with E-state index in [9.17, 15) is 19.5 Å². The quantitative estimate of drug-likeness (QED) is 0.0827. The molecule has 3 aliphatic heterocycles. The molecule has 51 heavy (non-hydrogen) atoms. The average Bonchev–Trinajstić information content (AvgIpc) is 3.65. The van der Waals surface area contributed by atoms with Crippen LogP contribution >= 0.6 is 15.9 Å². The number of likely N-dealkylation sites (tertiary alicyclic amines) is 1. The number of benzene rings is 1. The summed E-state index contributed by atoms with van der Waals surface area (Å²) in [6, 6.07) is 7.69. The summed E-state index contributed by atoms with van der Waals surface area (Å²) in [5.74, 6) is -3.22. The Balaban J connectivity index is 1.72. The van der Waals surface area contributed by atoms with Crippen LogP contribution in [0.3, 0.4) is 0 Å². The van der Waals surface area contributed by atoms with Crippen molar-refractivity contribution in [2.45, 2.75) is 127 Å². The lowest BCUT2D eigenvalue weighted by atomic mass is 9.70. The minimum Gasteiger partial charge on any atom is -0.455 e. The fourth-order valence-corrected chi connectivity index (χ4v) is 9.68. The van der Waals surface area contributed by atoms with Crippen molar-refractivity contribution in [3.05, 3.63) is 61.2 Å². The Morgan fingerprint density at radius 1 is 1.14 bits per heavy atom. The van der Waals surface area contributed by atoms with Gasteiger partial charge in [0.05, 0.1) is 24.0 Å². The first-order chi connectivity index (χ1) is 24.0. The van der Waals surface area contributed by atoms with Crippen LogP contribution in [0.4, 0.5) is 0 Å². The zero-order valence-electron chi connectivity index (χ0n) is 31.2. The number of hydrogen-bond acceptors (Lipinski definition) is 7. The number of aliphatic hydroxyl groups is 1. The number of halogens is 1. The third kappa shape index (κ3) is 8.79. The second kappa shape index (κ2) is 16.8. The molecule has 3 amide bonds. The highest BCUT2D eigenvalue weighted by atomic mass is 79.9. The monoisotopic (exact) mass is 771 g/mol. The molecule has 8 atom stereocenters. The van der Waals surface area contributed by atoms with Gasteiger partial charge in [0.1, 0.15) is 17.7 Å². The molecule has 3 fully saturated rings. The molecule has 0 aromatic heterocycles. The Morgan fingerprint density at radius 3 is 2.43 bits per heavy atom. The molecule has 2 N–H and O–H groups in total. The van der Waals surface area contributed by atoms with Gasteiger partial charge in [0.2, 0.25) is 17.7 Å². The van der Waals surface area contributed by atoms with E-state index >= 15 is 4.79 Å². The summed E-state index contributed by atoms with van der Waals surface area (Å²) in [5, 5.41) is 12.4. The van der Waals surface area contributed by atoms with Crippen molar-refractivity contribution in [2.75, 3.05) is 19.7 Å². The number of rotatable bonds is 18. The second-order valence-corrected chi connectivity index (χ2v) is 17.4. The molecule has 10 nitrogen and oxygen atoms in total. The maximum absolute atomic E-state index is 15.0. The van der Waals surface area contributed by atoms with Gasteiger partial charge < -0.3 is 29.7 Å². The molecular weight excluding hydrogens is 714 g/mol. The molecule has 0 saturated carbocycles. The minimum atomic E-state index is -1.25. The van der Waals surface area contributed by atoms with Crippen molar-refractivity contribution in [3.8, 4) is 0 Å². The Labute approximate surface area is 312 Å². The largest absolute Gasteiger partial charge is 0.455 e. The van der Waals surface area contributed by atoms with E-state index in [0.29, 0.717) is 44.1 Å². The number of unbranched alkanes of at least 4 members (excludes halogenated alkanes) is 2. The molecule has 1 aromatic carbocycles. The molecule has 1 aromatic rings. The van der Waals surface area contributed by atoms with Gasteiger partial charge in [-0.05, 0) is 70.3 Å². The molecule has 2 bridgehead atoms. The molecule has 3 aliphatic rings. The highest BCUT2D eigenvalue weighted by Gasteiger charge is 2.77. The SMILES string of the molecule is C=CCCC(=O)N[C@H](C)[C@@H](OC(=O)[C@@H]1[C@H]2O[C@@]3(CC2Br)[C@H](C(=O)N(CC=C)C(C)(C)CC(C)(C)C)N(CCCCCO)C(=O)[C@@H]13)c1ccccc1. The normalized spacial score (nSPS) is 26.7. The van der Waals surface area contributed by atoms with E-state index in [0.717, 1.165) is 0 Å². The number of hydrogen-bond donors (Lipinski definition) is 2. The van der Waals surface area contributed by atoms with E-state index < -0.39 is 53.2 Å². The number of esters is 1. The van der Waals surface area contributed by atoms with E-state index in [4.69, 9.17) is 9.47 Å². The average molecular weight is 773 g/mol. The molecule has 1 spiro atoms. The Bertz CT molecular complexity index is 1430. The van der Waals surface area contributed by atoms with Crippen molar-refractivity contribution < 1.29 is 33.8 Å². The highest BCUT2D eigenvalue weighted by molar-refractivity contribution is 9.09. The minimum absolute atomic E-state index is 0.0384. The lowest BCUT2D eigenvalue weighted by Gasteiger charge is -2.45.